The van der Waals surface area contributed by atoms with Crippen molar-refractivity contribution >= 4 is 80.9 Å². The maximum absolute atomic E-state index is 11.8. The van der Waals surface area contributed by atoms with Crippen molar-refractivity contribution < 1.29 is 14.6 Å². The van der Waals surface area contributed by atoms with Gasteiger partial charge in [-0.3, -0.25) is 0 Å². The summed E-state index contributed by atoms with van der Waals surface area (Å²) in [5.74, 6) is -0.332. The van der Waals surface area contributed by atoms with E-state index in [0.29, 0.717) is 16.4 Å². The normalized spacial score (nSPS) is 11.7. The van der Waals surface area contributed by atoms with Gasteiger partial charge in [-0.2, -0.15) is 0 Å². The number of rotatable bonds is 3. The number of fused-ring (bicyclic) bond motifs is 6. The van der Waals surface area contributed by atoms with E-state index in [1.165, 1.54) is 10.8 Å². The molecular formula is C42H24B2O3. The first-order valence-electron chi connectivity index (χ1n) is 15.5. The molecule has 0 aliphatic rings. The summed E-state index contributed by atoms with van der Waals surface area (Å²) in [6.45, 7) is 0. The minimum Gasteiger partial charge on any atom is -0.508 e. The van der Waals surface area contributed by atoms with Crippen molar-refractivity contribution in [3.05, 3.63) is 133 Å². The monoisotopic (exact) mass is 598 g/mol. The third-order valence-electron chi connectivity index (χ3n) is 9.42. The van der Waals surface area contributed by atoms with Crippen LogP contribution in [0.4, 0.5) is 0 Å². The van der Waals surface area contributed by atoms with Crippen LogP contribution in [0.5, 0.6) is 11.5 Å². The summed E-state index contributed by atoms with van der Waals surface area (Å²) in [4.78, 5) is 0. The summed E-state index contributed by atoms with van der Waals surface area (Å²) >= 11 is 0. The van der Waals surface area contributed by atoms with Crippen molar-refractivity contribution in [2.45, 2.75) is 0 Å². The molecule has 0 bridgehead atoms. The zero-order valence-corrected chi connectivity index (χ0v) is 25.2. The van der Waals surface area contributed by atoms with Crippen LogP contribution >= 0.6 is 0 Å². The van der Waals surface area contributed by atoms with Gasteiger partial charge in [0.2, 0.25) is 0 Å². The summed E-state index contributed by atoms with van der Waals surface area (Å²) in [7, 11) is 12.7. The van der Waals surface area contributed by atoms with Crippen LogP contribution in [0.3, 0.4) is 0 Å². The average molecular weight is 598 g/mol. The molecule has 0 aliphatic carbocycles. The van der Waals surface area contributed by atoms with E-state index in [-0.39, 0.29) is 22.4 Å². The van der Waals surface area contributed by atoms with Gasteiger partial charge < -0.3 is 14.6 Å². The Balaban J connectivity index is 1.41. The van der Waals surface area contributed by atoms with Crippen molar-refractivity contribution in [3.8, 4) is 44.9 Å². The molecule has 0 spiro atoms. The Morgan fingerprint density at radius 3 is 1.79 bits per heavy atom. The molecule has 47 heavy (non-hydrogen) atoms. The number of phenolic OH excluding ortho intramolecular Hbond substituents is 2. The Labute approximate surface area is 273 Å². The first-order valence-corrected chi connectivity index (χ1v) is 15.5. The molecule has 216 valence electrons. The van der Waals surface area contributed by atoms with Crippen molar-refractivity contribution in [3.63, 3.8) is 0 Å². The molecule has 5 heteroatoms. The Morgan fingerprint density at radius 2 is 1.02 bits per heavy atom. The quantitative estimate of drug-likeness (QED) is 0.121. The lowest BCUT2D eigenvalue weighted by Gasteiger charge is -2.22. The van der Waals surface area contributed by atoms with Crippen LogP contribution in [0, 0.1) is 0 Å². The first kappa shape index (κ1) is 27.4. The molecule has 0 amide bonds. The number of aromatic hydroxyl groups is 2. The lowest BCUT2D eigenvalue weighted by Crippen LogP contribution is -2.26. The third-order valence-corrected chi connectivity index (χ3v) is 9.42. The van der Waals surface area contributed by atoms with Crippen molar-refractivity contribution in [1.82, 2.24) is 0 Å². The molecule has 1 heterocycles. The average Bonchev–Trinajstić information content (AvgIpc) is 3.50. The highest BCUT2D eigenvalue weighted by atomic mass is 16.3. The molecule has 0 fully saturated rings. The van der Waals surface area contributed by atoms with E-state index in [1.54, 1.807) is 0 Å². The van der Waals surface area contributed by atoms with Gasteiger partial charge in [-0.25, -0.2) is 0 Å². The van der Waals surface area contributed by atoms with E-state index >= 15 is 0 Å². The molecule has 0 atom stereocenters. The lowest BCUT2D eigenvalue weighted by atomic mass is 9.74. The molecule has 9 aromatic rings. The molecule has 1 aromatic heterocycles. The van der Waals surface area contributed by atoms with E-state index < -0.39 is 0 Å². The summed E-state index contributed by atoms with van der Waals surface area (Å²) in [5.41, 5.74) is 6.77. The smallest absolute Gasteiger partial charge is 0.136 e. The van der Waals surface area contributed by atoms with Gasteiger partial charge in [-0.05, 0) is 62.0 Å². The SMILES string of the molecule is [B]c1c([B])c(O)c2c(-c3cccc4oc5cc(-c6cccc7ccccc67)ccc5c34)c3ccccc3c(-c3ccccc3)c2c1O. The molecule has 3 nitrogen and oxygen atoms in total. The maximum atomic E-state index is 11.8. The molecule has 0 unspecified atom stereocenters. The third kappa shape index (κ3) is 3.96. The fourth-order valence-corrected chi connectivity index (χ4v) is 7.30. The highest BCUT2D eigenvalue weighted by Crippen LogP contribution is 2.50. The van der Waals surface area contributed by atoms with Crippen LogP contribution in [-0.4, -0.2) is 25.9 Å². The number of hydrogen-bond acceptors (Lipinski definition) is 3. The standard InChI is InChI=1S/C42H24B2O3/c43-39-40(44)42(46)38-36(29-16-7-6-15-28(29)34(37(38)41(39)45)24-11-2-1-3-12-24)31-18-9-19-32-35(31)30-21-20-25(22-33(30)47-32)27-17-8-13-23-10-4-5-14-26(23)27/h1-22,45-46H. The largest absolute Gasteiger partial charge is 0.508 e. The predicted molar refractivity (Wildman–Crippen MR) is 197 cm³/mol. The molecule has 0 saturated heterocycles. The lowest BCUT2D eigenvalue weighted by molar-refractivity contribution is 0.476. The number of phenols is 2. The summed E-state index contributed by atoms with van der Waals surface area (Å²) in [5, 5.41) is 30.3. The van der Waals surface area contributed by atoms with Gasteiger partial charge in [0.1, 0.15) is 38.4 Å². The molecule has 8 aromatic carbocycles. The second kappa shape index (κ2) is 10.3. The van der Waals surface area contributed by atoms with E-state index in [2.05, 4.69) is 60.7 Å². The Bertz CT molecular complexity index is 2720. The van der Waals surface area contributed by atoms with Gasteiger partial charge >= 0.3 is 0 Å². The second-order valence-electron chi connectivity index (χ2n) is 12.0. The molecule has 9 rings (SSSR count). The fraction of sp³-hybridized carbons (Fsp3) is 0. The molecule has 0 saturated carbocycles. The van der Waals surface area contributed by atoms with Crippen molar-refractivity contribution in [1.29, 1.82) is 0 Å². The van der Waals surface area contributed by atoms with E-state index in [4.69, 9.17) is 20.1 Å². The minimum absolute atomic E-state index is 0.0543. The van der Waals surface area contributed by atoms with Crippen LogP contribution in [0.15, 0.2) is 138 Å². The zero-order chi connectivity index (χ0) is 31.8. The van der Waals surface area contributed by atoms with E-state index in [9.17, 15) is 10.2 Å². The Hall–Kier alpha value is -5.93. The van der Waals surface area contributed by atoms with Crippen LogP contribution in [-0.2, 0) is 0 Å². The van der Waals surface area contributed by atoms with Gasteiger partial charge in [-0.15, -0.1) is 0 Å². The van der Waals surface area contributed by atoms with Crippen LogP contribution in [0.1, 0.15) is 0 Å². The van der Waals surface area contributed by atoms with Crippen LogP contribution in [0.25, 0.3) is 87.6 Å². The summed E-state index contributed by atoms with van der Waals surface area (Å²) in [6, 6.07) is 44.8. The van der Waals surface area contributed by atoms with Crippen LogP contribution < -0.4 is 10.9 Å². The zero-order valence-electron chi connectivity index (χ0n) is 25.2. The number of benzene rings is 8. The van der Waals surface area contributed by atoms with Gasteiger partial charge in [0.15, 0.2) is 0 Å². The maximum Gasteiger partial charge on any atom is 0.136 e. The number of hydrogen-bond donors (Lipinski definition) is 2. The van der Waals surface area contributed by atoms with Crippen LogP contribution in [0.2, 0.25) is 0 Å². The van der Waals surface area contributed by atoms with Crippen molar-refractivity contribution in [2.75, 3.05) is 0 Å². The van der Waals surface area contributed by atoms with E-state index in [0.717, 1.165) is 60.5 Å². The topological polar surface area (TPSA) is 53.6 Å². The van der Waals surface area contributed by atoms with Gasteiger partial charge in [-0.1, -0.05) is 126 Å². The van der Waals surface area contributed by atoms with E-state index in [1.807, 2.05) is 72.8 Å². The number of furan rings is 1. The van der Waals surface area contributed by atoms with Gasteiger partial charge in [0.05, 0.1) is 0 Å². The van der Waals surface area contributed by atoms with Gasteiger partial charge in [0, 0.05) is 32.7 Å². The highest BCUT2D eigenvalue weighted by molar-refractivity contribution is 6.53. The second-order valence-corrected chi connectivity index (χ2v) is 12.0. The minimum atomic E-state index is -0.170. The molecule has 4 radical (unpaired) electrons. The Kier molecular flexibility index (Phi) is 6.00. The molecule has 0 aliphatic heterocycles. The van der Waals surface area contributed by atoms with Gasteiger partial charge in [0.25, 0.3) is 0 Å². The highest BCUT2D eigenvalue weighted by Gasteiger charge is 2.26. The Morgan fingerprint density at radius 1 is 0.426 bits per heavy atom. The molecular weight excluding hydrogens is 574 g/mol. The molecule has 2 N–H and O–H groups in total. The predicted octanol–water partition coefficient (Wildman–Crippen LogP) is 9.05. The van der Waals surface area contributed by atoms with Crippen molar-refractivity contribution in [2.24, 2.45) is 0 Å². The first-order chi connectivity index (χ1) is 23.0. The fourth-order valence-electron chi connectivity index (χ4n) is 7.30. The summed E-state index contributed by atoms with van der Waals surface area (Å²) in [6.07, 6.45) is 0. The summed E-state index contributed by atoms with van der Waals surface area (Å²) < 4.78 is 6.55.